The minimum Gasteiger partial charge on any atom is -0.477 e. The monoisotopic (exact) mass is 214 g/mol. The fraction of sp³-hybridized carbons (Fsp3) is 0.182. The van der Waals surface area contributed by atoms with Gasteiger partial charge in [-0.05, 0) is 19.1 Å². The lowest BCUT2D eigenvalue weighted by atomic mass is 10.3. The second-order valence-corrected chi connectivity index (χ2v) is 3.33. The van der Waals surface area contributed by atoms with Crippen LogP contribution in [0.2, 0.25) is 0 Å². The number of ether oxygens (including phenoxy) is 1. The predicted molar refractivity (Wildman–Crippen MR) is 59.5 cm³/mol. The maximum Gasteiger partial charge on any atom is 0.226 e. The normalized spacial score (nSPS) is 11.1. The molecule has 0 atom stereocenters. The number of nitrogens with zero attached hydrogens (tertiary/aromatic N) is 4. The van der Waals surface area contributed by atoms with Crippen molar-refractivity contribution in [1.29, 1.82) is 0 Å². The lowest BCUT2D eigenvalue weighted by molar-refractivity contribution is 0.332. The van der Waals surface area contributed by atoms with Gasteiger partial charge in [-0.15, -0.1) is 0 Å². The number of rotatable bonds is 2. The summed E-state index contributed by atoms with van der Waals surface area (Å²) in [6.45, 7) is 2.52. The Balaban J connectivity index is 2.45. The highest BCUT2D eigenvalue weighted by atomic mass is 16.5. The molecule has 3 heterocycles. The van der Waals surface area contributed by atoms with Crippen LogP contribution in [0.4, 0.5) is 0 Å². The predicted octanol–water partition coefficient (Wildman–Crippen LogP) is 1.68. The topological polar surface area (TPSA) is 52.3 Å². The first kappa shape index (κ1) is 9.08. The second kappa shape index (κ2) is 3.44. The summed E-state index contributed by atoms with van der Waals surface area (Å²) in [5.74, 6) is 0.610. The molecule has 5 nitrogen and oxygen atoms in total. The van der Waals surface area contributed by atoms with Crippen LogP contribution in [0.15, 0.2) is 30.6 Å². The van der Waals surface area contributed by atoms with Gasteiger partial charge in [0.25, 0.3) is 0 Å². The zero-order chi connectivity index (χ0) is 11.0. The molecule has 80 valence electrons. The molecule has 0 fully saturated rings. The molecule has 0 saturated carbocycles. The molecular formula is C11H10N4O. The highest BCUT2D eigenvalue weighted by Gasteiger charge is 2.09. The molecule has 0 aromatic carbocycles. The van der Waals surface area contributed by atoms with Gasteiger partial charge < -0.3 is 4.74 Å². The third-order valence-corrected chi connectivity index (χ3v) is 2.34. The zero-order valence-corrected chi connectivity index (χ0v) is 8.79. The van der Waals surface area contributed by atoms with Crippen molar-refractivity contribution < 1.29 is 4.74 Å². The van der Waals surface area contributed by atoms with E-state index in [0.29, 0.717) is 12.5 Å². The third kappa shape index (κ3) is 1.21. The summed E-state index contributed by atoms with van der Waals surface area (Å²) in [6.07, 6.45) is 3.44. The molecule has 0 aliphatic rings. The van der Waals surface area contributed by atoms with Crippen LogP contribution in [0.5, 0.6) is 5.88 Å². The summed E-state index contributed by atoms with van der Waals surface area (Å²) in [4.78, 5) is 8.70. The van der Waals surface area contributed by atoms with E-state index < -0.39 is 0 Å². The molecule has 3 rings (SSSR count). The van der Waals surface area contributed by atoms with Crippen LogP contribution in [-0.2, 0) is 0 Å². The maximum atomic E-state index is 5.50. The Morgan fingerprint density at radius 3 is 3.12 bits per heavy atom. The van der Waals surface area contributed by atoms with Gasteiger partial charge in [-0.1, -0.05) is 0 Å². The smallest absolute Gasteiger partial charge is 0.226 e. The summed E-state index contributed by atoms with van der Waals surface area (Å²) < 4.78 is 7.21. The van der Waals surface area contributed by atoms with E-state index in [1.165, 1.54) is 0 Å². The molecule has 0 radical (unpaired) electrons. The van der Waals surface area contributed by atoms with E-state index in [1.807, 2.05) is 25.1 Å². The maximum absolute atomic E-state index is 5.50. The number of hydrogen-bond donors (Lipinski definition) is 0. The van der Waals surface area contributed by atoms with Gasteiger partial charge in [0.2, 0.25) is 5.88 Å². The summed E-state index contributed by atoms with van der Waals surface area (Å²) in [6, 6.07) is 5.62. The van der Waals surface area contributed by atoms with Gasteiger partial charge in [0, 0.05) is 12.3 Å². The van der Waals surface area contributed by atoms with Gasteiger partial charge in [0.15, 0.2) is 11.3 Å². The molecule has 0 aliphatic heterocycles. The van der Waals surface area contributed by atoms with Crippen molar-refractivity contribution in [2.45, 2.75) is 6.92 Å². The van der Waals surface area contributed by atoms with Crippen molar-refractivity contribution in [2.75, 3.05) is 6.61 Å². The Hall–Kier alpha value is -2.17. The van der Waals surface area contributed by atoms with Crippen LogP contribution in [0.25, 0.3) is 16.7 Å². The lowest BCUT2D eigenvalue weighted by Gasteiger charge is -2.06. The molecule has 3 aromatic rings. The Morgan fingerprint density at radius 1 is 1.31 bits per heavy atom. The molecule has 0 saturated heterocycles. The zero-order valence-electron chi connectivity index (χ0n) is 8.79. The average Bonchev–Trinajstić information content (AvgIpc) is 2.78. The average molecular weight is 214 g/mol. The molecule has 0 spiro atoms. The lowest BCUT2D eigenvalue weighted by Crippen LogP contribution is -2.01. The van der Waals surface area contributed by atoms with Crippen LogP contribution >= 0.6 is 0 Å². The molecular weight excluding hydrogens is 204 g/mol. The first-order chi connectivity index (χ1) is 7.90. The summed E-state index contributed by atoms with van der Waals surface area (Å²) in [5, 5.41) is 5.06. The SMILES string of the molecule is CCOc1nc2ccnn2c2ncccc12. The summed E-state index contributed by atoms with van der Waals surface area (Å²) >= 11 is 0. The largest absolute Gasteiger partial charge is 0.477 e. The van der Waals surface area contributed by atoms with E-state index in [1.54, 1.807) is 16.9 Å². The van der Waals surface area contributed by atoms with Crippen LogP contribution in [0.1, 0.15) is 6.92 Å². The van der Waals surface area contributed by atoms with Gasteiger partial charge in [0.1, 0.15) is 0 Å². The van der Waals surface area contributed by atoms with Gasteiger partial charge >= 0.3 is 0 Å². The number of fused-ring (bicyclic) bond motifs is 3. The molecule has 0 bridgehead atoms. The van der Waals surface area contributed by atoms with E-state index in [9.17, 15) is 0 Å². The molecule has 16 heavy (non-hydrogen) atoms. The van der Waals surface area contributed by atoms with Crippen LogP contribution < -0.4 is 4.74 Å². The number of aromatic nitrogens is 4. The Morgan fingerprint density at radius 2 is 2.25 bits per heavy atom. The van der Waals surface area contributed by atoms with E-state index in [0.717, 1.165) is 16.7 Å². The molecule has 5 heteroatoms. The van der Waals surface area contributed by atoms with Crippen molar-refractivity contribution >= 4 is 16.7 Å². The number of hydrogen-bond acceptors (Lipinski definition) is 4. The minimum absolute atomic E-state index is 0.585. The first-order valence-corrected chi connectivity index (χ1v) is 5.11. The molecule has 0 aliphatic carbocycles. The van der Waals surface area contributed by atoms with Crippen molar-refractivity contribution in [3.63, 3.8) is 0 Å². The van der Waals surface area contributed by atoms with Crippen molar-refractivity contribution in [3.8, 4) is 5.88 Å². The standard InChI is InChI=1S/C11H10N4O/c1-2-16-11-8-4-3-6-12-10(8)15-9(14-11)5-7-13-15/h3-7H,2H2,1H3. The van der Waals surface area contributed by atoms with Gasteiger partial charge in [0.05, 0.1) is 18.2 Å². The molecule has 0 amide bonds. The highest BCUT2D eigenvalue weighted by Crippen LogP contribution is 2.22. The van der Waals surface area contributed by atoms with E-state index in [-0.39, 0.29) is 0 Å². The van der Waals surface area contributed by atoms with E-state index in [4.69, 9.17) is 4.74 Å². The third-order valence-electron chi connectivity index (χ3n) is 2.34. The van der Waals surface area contributed by atoms with Crippen molar-refractivity contribution in [3.05, 3.63) is 30.6 Å². The fourth-order valence-electron chi connectivity index (χ4n) is 1.69. The summed E-state index contributed by atoms with van der Waals surface area (Å²) in [7, 11) is 0. The minimum atomic E-state index is 0.585. The van der Waals surface area contributed by atoms with Crippen molar-refractivity contribution in [2.24, 2.45) is 0 Å². The number of pyridine rings is 1. The van der Waals surface area contributed by atoms with Crippen LogP contribution in [-0.4, -0.2) is 26.2 Å². The van der Waals surface area contributed by atoms with Gasteiger partial charge in [-0.2, -0.15) is 14.6 Å². The fourth-order valence-corrected chi connectivity index (χ4v) is 1.69. The second-order valence-electron chi connectivity index (χ2n) is 3.33. The Labute approximate surface area is 91.7 Å². The Bertz CT molecular complexity index is 647. The highest BCUT2D eigenvalue weighted by molar-refractivity contribution is 5.82. The van der Waals surface area contributed by atoms with Crippen molar-refractivity contribution in [1.82, 2.24) is 19.6 Å². The van der Waals surface area contributed by atoms with Gasteiger partial charge in [-0.3, -0.25) is 0 Å². The van der Waals surface area contributed by atoms with E-state index in [2.05, 4.69) is 15.1 Å². The van der Waals surface area contributed by atoms with E-state index >= 15 is 0 Å². The molecule has 0 unspecified atom stereocenters. The first-order valence-electron chi connectivity index (χ1n) is 5.11. The Kier molecular flexibility index (Phi) is 1.96. The summed E-state index contributed by atoms with van der Waals surface area (Å²) in [5.41, 5.74) is 1.51. The molecule has 3 aromatic heterocycles. The quantitative estimate of drug-likeness (QED) is 0.651. The van der Waals surface area contributed by atoms with Crippen LogP contribution in [0.3, 0.4) is 0 Å². The van der Waals surface area contributed by atoms with Crippen LogP contribution in [0, 0.1) is 0 Å². The van der Waals surface area contributed by atoms with Gasteiger partial charge in [-0.25, -0.2) is 4.98 Å². The molecule has 0 N–H and O–H groups in total.